The molecule has 7 heteroatoms. The van der Waals surface area contributed by atoms with E-state index in [1.165, 1.54) is 12.3 Å². The molecule has 0 aliphatic rings. The van der Waals surface area contributed by atoms with E-state index >= 15 is 0 Å². The zero-order valence-corrected chi connectivity index (χ0v) is 11.8. The van der Waals surface area contributed by atoms with E-state index in [1.807, 2.05) is 0 Å². The number of anilines is 1. The number of carbonyl (C=O) groups is 1. The van der Waals surface area contributed by atoms with E-state index in [0.29, 0.717) is 10.8 Å². The summed E-state index contributed by atoms with van der Waals surface area (Å²) in [6.07, 6.45) is 1.45. The Balaban J connectivity index is 1.86. The number of rotatable bonds is 3. The fourth-order valence-corrected chi connectivity index (χ4v) is 2.17. The van der Waals surface area contributed by atoms with Crippen molar-refractivity contribution < 1.29 is 13.6 Å². The topological polar surface area (TPSA) is 64.0 Å². The summed E-state index contributed by atoms with van der Waals surface area (Å²) >= 11 is 0. The number of nitrogens with zero attached hydrogens (tertiary/aromatic N) is 2. The summed E-state index contributed by atoms with van der Waals surface area (Å²) in [5.41, 5.74) is -1.00. The first-order valence-corrected chi connectivity index (χ1v) is 6.75. The Morgan fingerprint density at radius 1 is 1.09 bits per heavy atom. The molecular weight excluding hydrogens is 304 g/mol. The van der Waals surface area contributed by atoms with Crippen LogP contribution in [0, 0.1) is 11.6 Å². The van der Waals surface area contributed by atoms with Crippen LogP contribution in [0.4, 0.5) is 14.5 Å². The molecule has 0 atom stereocenters. The lowest BCUT2D eigenvalue weighted by Gasteiger charge is -2.09. The third-order valence-corrected chi connectivity index (χ3v) is 3.28. The molecule has 3 aromatic rings. The molecule has 0 radical (unpaired) electrons. The van der Waals surface area contributed by atoms with Gasteiger partial charge in [0.1, 0.15) is 23.9 Å². The molecule has 0 saturated carbocycles. The molecule has 2 aromatic carbocycles. The Bertz CT molecular complexity index is 933. The Hall–Kier alpha value is -3.09. The average molecular weight is 315 g/mol. The van der Waals surface area contributed by atoms with Crippen molar-refractivity contribution in [1.29, 1.82) is 0 Å². The molecule has 1 heterocycles. The summed E-state index contributed by atoms with van der Waals surface area (Å²) in [4.78, 5) is 24.2. The van der Waals surface area contributed by atoms with E-state index in [4.69, 9.17) is 0 Å². The third kappa shape index (κ3) is 2.94. The molecule has 23 heavy (non-hydrogen) atoms. The largest absolute Gasteiger partial charge is 0.320 e. The summed E-state index contributed by atoms with van der Waals surface area (Å²) in [5.74, 6) is -2.53. The van der Waals surface area contributed by atoms with Crippen LogP contribution in [0.3, 0.4) is 0 Å². The van der Waals surface area contributed by atoms with Crippen LogP contribution in [0.5, 0.6) is 0 Å². The second-order valence-corrected chi connectivity index (χ2v) is 4.84. The number of hydrogen-bond donors (Lipinski definition) is 1. The molecule has 0 bridgehead atoms. The predicted molar refractivity (Wildman–Crippen MR) is 81.0 cm³/mol. The van der Waals surface area contributed by atoms with E-state index in [9.17, 15) is 18.4 Å². The number of nitrogens with one attached hydrogen (secondary N) is 1. The number of fused-ring (bicyclic) bond motifs is 1. The normalized spacial score (nSPS) is 10.7. The molecule has 1 aromatic heterocycles. The minimum absolute atomic E-state index is 0.410. The Morgan fingerprint density at radius 2 is 1.78 bits per heavy atom. The highest BCUT2D eigenvalue weighted by Gasteiger charge is 2.13. The summed E-state index contributed by atoms with van der Waals surface area (Å²) in [6, 6.07) is 10.0. The lowest BCUT2D eigenvalue weighted by atomic mass is 10.2. The molecule has 0 aliphatic heterocycles. The highest BCUT2D eigenvalue weighted by molar-refractivity contribution is 5.91. The fourth-order valence-electron chi connectivity index (χ4n) is 2.17. The van der Waals surface area contributed by atoms with Gasteiger partial charge in [0.2, 0.25) is 5.91 Å². The van der Waals surface area contributed by atoms with Crippen molar-refractivity contribution in [2.45, 2.75) is 6.54 Å². The Labute approximate surface area is 129 Å². The minimum atomic E-state index is -0.892. The molecule has 1 amide bonds. The van der Waals surface area contributed by atoms with Crippen LogP contribution in [0.2, 0.25) is 0 Å². The highest BCUT2D eigenvalue weighted by atomic mass is 19.1. The van der Waals surface area contributed by atoms with Crippen LogP contribution in [-0.2, 0) is 11.3 Å². The van der Waals surface area contributed by atoms with Crippen LogP contribution in [-0.4, -0.2) is 15.7 Å². The maximum Gasteiger partial charge on any atom is 0.275 e. The highest BCUT2D eigenvalue weighted by Crippen LogP contribution is 2.17. The summed E-state index contributed by atoms with van der Waals surface area (Å²) in [7, 11) is 0. The van der Waals surface area contributed by atoms with Crippen molar-refractivity contribution in [2.75, 3.05) is 5.32 Å². The van der Waals surface area contributed by atoms with Crippen molar-refractivity contribution in [2.24, 2.45) is 0 Å². The van der Waals surface area contributed by atoms with E-state index in [-0.39, 0.29) is 0 Å². The van der Waals surface area contributed by atoms with Gasteiger partial charge in [0.25, 0.3) is 5.56 Å². The monoisotopic (exact) mass is 315 g/mol. The lowest BCUT2D eigenvalue weighted by molar-refractivity contribution is -0.117. The van der Waals surface area contributed by atoms with Gasteiger partial charge < -0.3 is 5.32 Å². The van der Waals surface area contributed by atoms with Gasteiger partial charge in [-0.3, -0.25) is 9.59 Å². The number of aromatic nitrogens is 2. The molecule has 0 unspecified atom stereocenters. The second kappa shape index (κ2) is 5.96. The zero-order chi connectivity index (χ0) is 16.4. The minimum Gasteiger partial charge on any atom is -0.320 e. The molecule has 3 rings (SSSR count). The fraction of sp³-hybridized carbons (Fsp3) is 0.0625. The van der Waals surface area contributed by atoms with Crippen LogP contribution in [0.1, 0.15) is 0 Å². The maximum absolute atomic E-state index is 13.5. The number of para-hydroxylation sites is 1. The summed E-state index contributed by atoms with van der Waals surface area (Å²) in [5, 5.41) is 7.06. The molecule has 116 valence electrons. The van der Waals surface area contributed by atoms with Gasteiger partial charge in [0.15, 0.2) is 0 Å². The van der Waals surface area contributed by atoms with E-state index in [2.05, 4.69) is 10.4 Å². The van der Waals surface area contributed by atoms with Crippen LogP contribution < -0.4 is 10.9 Å². The van der Waals surface area contributed by atoms with Crippen molar-refractivity contribution in [3.05, 3.63) is 70.6 Å². The third-order valence-electron chi connectivity index (χ3n) is 3.28. The Morgan fingerprint density at radius 3 is 2.52 bits per heavy atom. The molecule has 0 spiro atoms. The first-order chi connectivity index (χ1) is 11.1. The summed E-state index contributed by atoms with van der Waals surface area (Å²) < 4.78 is 27.9. The number of benzene rings is 2. The molecule has 0 fully saturated rings. The average Bonchev–Trinajstić information content (AvgIpc) is 2.54. The first kappa shape index (κ1) is 14.8. The van der Waals surface area contributed by atoms with Gasteiger partial charge in [-0.05, 0) is 18.2 Å². The maximum atomic E-state index is 13.5. The van der Waals surface area contributed by atoms with E-state index < -0.39 is 35.3 Å². The van der Waals surface area contributed by atoms with Gasteiger partial charge in [-0.25, -0.2) is 13.5 Å². The van der Waals surface area contributed by atoms with Gasteiger partial charge >= 0.3 is 0 Å². The molecule has 1 N–H and O–H groups in total. The van der Waals surface area contributed by atoms with E-state index in [1.54, 1.807) is 24.3 Å². The standard InChI is InChI=1S/C16H11F2N3O2/c17-12-6-3-7-13(18)15(12)20-14(22)9-21-16(23)11-5-2-1-4-10(11)8-19-21/h1-8H,9H2,(H,20,22). The quantitative estimate of drug-likeness (QED) is 0.807. The van der Waals surface area contributed by atoms with Gasteiger partial charge in [-0.15, -0.1) is 0 Å². The van der Waals surface area contributed by atoms with Gasteiger partial charge in [-0.1, -0.05) is 24.3 Å². The van der Waals surface area contributed by atoms with Crippen LogP contribution in [0.25, 0.3) is 10.8 Å². The van der Waals surface area contributed by atoms with Crippen LogP contribution >= 0.6 is 0 Å². The van der Waals surface area contributed by atoms with Crippen molar-refractivity contribution in [3.63, 3.8) is 0 Å². The SMILES string of the molecule is O=C(Cn1ncc2ccccc2c1=O)Nc1c(F)cccc1F. The molecule has 0 aliphatic carbocycles. The smallest absolute Gasteiger partial charge is 0.275 e. The number of halogens is 2. The van der Waals surface area contributed by atoms with Crippen molar-refractivity contribution >= 4 is 22.4 Å². The number of hydrogen-bond acceptors (Lipinski definition) is 3. The van der Waals surface area contributed by atoms with Crippen LogP contribution in [0.15, 0.2) is 53.5 Å². The zero-order valence-electron chi connectivity index (χ0n) is 11.8. The number of carbonyl (C=O) groups excluding carboxylic acids is 1. The van der Waals surface area contributed by atoms with Gasteiger partial charge in [0, 0.05) is 5.39 Å². The summed E-state index contributed by atoms with van der Waals surface area (Å²) in [6.45, 7) is -0.447. The second-order valence-electron chi connectivity index (χ2n) is 4.84. The first-order valence-electron chi connectivity index (χ1n) is 6.75. The van der Waals surface area contributed by atoms with Gasteiger partial charge in [0.05, 0.1) is 11.6 Å². The van der Waals surface area contributed by atoms with E-state index in [0.717, 1.165) is 16.8 Å². The number of amides is 1. The molecule has 0 saturated heterocycles. The van der Waals surface area contributed by atoms with Crippen molar-refractivity contribution in [3.8, 4) is 0 Å². The van der Waals surface area contributed by atoms with Crippen molar-refractivity contribution in [1.82, 2.24) is 9.78 Å². The Kier molecular flexibility index (Phi) is 3.84. The van der Waals surface area contributed by atoms with Gasteiger partial charge in [-0.2, -0.15) is 5.10 Å². The molecule has 5 nitrogen and oxygen atoms in total. The lowest BCUT2D eigenvalue weighted by Crippen LogP contribution is -2.29. The molecular formula is C16H11F2N3O2. The predicted octanol–water partition coefficient (Wildman–Crippen LogP) is 2.31.